The number of methoxy groups -OCH3 is 2. The van der Waals surface area contributed by atoms with E-state index in [2.05, 4.69) is 63.0 Å². The molecule has 1 saturated carbocycles. The zero-order valence-corrected chi connectivity index (χ0v) is 23.9. The summed E-state index contributed by atoms with van der Waals surface area (Å²) in [5.41, 5.74) is 3.35. The molecule has 9 nitrogen and oxygen atoms in total. The average molecular weight is 601 g/mol. The van der Waals surface area contributed by atoms with Crippen LogP contribution in [0.25, 0.3) is 0 Å². The Hall–Kier alpha value is -4.32. The number of ether oxygens (including phenoxy) is 2. The molecular formula is C31H35F3N4O5. The van der Waals surface area contributed by atoms with Crippen LogP contribution in [-0.2, 0) is 16.8 Å². The molecule has 0 radical (unpaired) electrons. The Morgan fingerprint density at radius 3 is 2.33 bits per heavy atom. The Labute approximate surface area is 248 Å². The van der Waals surface area contributed by atoms with Gasteiger partial charge in [0.05, 0.1) is 14.2 Å². The number of nitrogens with zero attached hydrogens (tertiary/aromatic N) is 2. The number of amides is 2. The van der Waals surface area contributed by atoms with Gasteiger partial charge >= 0.3 is 18.2 Å². The van der Waals surface area contributed by atoms with E-state index in [1.165, 1.54) is 11.1 Å². The summed E-state index contributed by atoms with van der Waals surface area (Å²) in [6, 6.07) is 20.8. The normalized spacial score (nSPS) is 21.5. The van der Waals surface area contributed by atoms with Crippen molar-refractivity contribution >= 4 is 17.7 Å². The van der Waals surface area contributed by atoms with Gasteiger partial charge < -0.3 is 25.2 Å². The van der Waals surface area contributed by atoms with Crippen LogP contribution in [0.5, 0.6) is 11.5 Å². The first-order valence-corrected chi connectivity index (χ1v) is 13.8. The van der Waals surface area contributed by atoms with Crippen LogP contribution in [0.15, 0.2) is 73.1 Å². The molecule has 2 aliphatic rings. The summed E-state index contributed by atoms with van der Waals surface area (Å²) in [4.78, 5) is 28.3. The smallest absolute Gasteiger partial charge is 0.490 e. The zero-order chi connectivity index (χ0) is 31.0. The number of hydrogen-bond acceptors (Lipinski definition) is 6. The molecule has 2 fully saturated rings. The highest BCUT2D eigenvalue weighted by molar-refractivity contribution is 5.89. The van der Waals surface area contributed by atoms with Crippen molar-refractivity contribution in [3.63, 3.8) is 0 Å². The van der Waals surface area contributed by atoms with Gasteiger partial charge in [-0.3, -0.25) is 9.88 Å². The number of benzene rings is 2. The number of fused-ring (bicyclic) bond motifs is 1. The van der Waals surface area contributed by atoms with Gasteiger partial charge in [0.1, 0.15) is 0 Å². The largest absolute Gasteiger partial charge is 0.493 e. The average Bonchev–Trinajstić information content (AvgIpc) is 3.36. The third-order valence-corrected chi connectivity index (χ3v) is 8.07. The fourth-order valence-corrected chi connectivity index (χ4v) is 6.05. The number of nitrogens with one attached hydrogen (secondary N) is 2. The van der Waals surface area contributed by atoms with Gasteiger partial charge in [-0.25, -0.2) is 9.59 Å². The molecule has 12 heteroatoms. The van der Waals surface area contributed by atoms with Crippen molar-refractivity contribution in [1.82, 2.24) is 15.2 Å². The van der Waals surface area contributed by atoms with E-state index in [9.17, 15) is 18.0 Å². The molecule has 2 aromatic carbocycles. The lowest BCUT2D eigenvalue weighted by Gasteiger charge is -2.45. The summed E-state index contributed by atoms with van der Waals surface area (Å²) in [7, 11) is 3.36. The number of likely N-dealkylation sites (tertiary alicyclic amines) is 1. The highest BCUT2D eigenvalue weighted by atomic mass is 19.4. The molecule has 0 spiro atoms. The van der Waals surface area contributed by atoms with Crippen LogP contribution >= 0.6 is 0 Å². The number of carbonyl (C=O) groups is 2. The maximum atomic E-state index is 12.8. The Morgan fingerprint density at radius 2 is 1.70 bits per heavy atom. The number of anilines is 1. The van der Waals surface area contributed by atoms with E-state index < -0.39 is 12.1 Å². The van der Waals surface area contributed by atoms with Crippen molar-refractivity contribution in [2.24, 2.45) is 0 Å². The van der Waals surface area contributed by atoms with Crippen molar-refractivity contribution in [2.75, 3.05) is 26.1 Å². The van der Waals surface area contributed by atoms with Gasteiger partial charge in [-0.05, 0) is 67.6 Å². The summed E-state index contributed by atoms with van der Waals surface area (Å²) >= 11 is 0. The molecule has 1 aliphatic heterocycles. The topological polar surface area (TPSA) is 113 Å². The maximum absolute atomic E-state index is 12.8. The van der Waals surface area contributed by atoms with Crippen LogP contribution in [0.2, 0.25) is 0 Å². The fraction of sp³-hybridized carbons (Fsp3) is 0.387. The van der Waals surface area contributed by atoms with E-state index in [0.29, 0.717) is 6.04 Å². The van der Waals surface area contributed by atoms with Gasteiger partial charge in [-0.15, -0.1) is 0 Å². The second kappa shape index (κ2) is 13.8. The number of carboxylic acids is 1. The van der Waals surface area contributed by atoms with E-state index in [1.54, 1.807) is 38.7 Å². The molecule has 2 amide bonds. The van der Waals surface area contributed by atoms with Gasteiger partial charge in [0.2, 0.25) is 0 Å². The number of alkyl halides is 3. The Bertz CT molecular complexity index is 1380. The van der Waals surface area contributed by atoms with Gasteiger partial charge in [0.25, 0.3) is 0 Å². The lowest BCUT2D eigenvalue weighted by Crippen LogP contribution is -2.52. The predicted molar refractivity (Wildman–Crippen MR) is 154 cm³/mol. The highest BCUT2D eigenvalue weighted by Gasteiger charge is 2.51. The number of carboxylic acid groups (broad SMARTS) is 1. The van der Waals surface area contributed by atoms with Crippen molar-refractivity contribution in [2.45, 2.75) is 55.9 Å². The van der Waals surface area contributed by atoms with Crippen molar-refractivity contribution in [3.8, 4) is 11.5 Å². The molecule has 3 aromatic rings. The summed E-state index contributed by atoms with van der Waals surface area (Å²) < 4.78 is 42.9. The molecule has 230 valence electrons. The number of rotatable bonds is 7. The maximum Gasteiger partial charge on any atom is 0.490 e. The first-order valence-electron chi connectivity index (χ1n) is 13.8. The molecular weight excluding hydrogens is 565 g/mol. The number of urea groups is 1. The number of aliphatic carboxylic acids is 1. The minimum absolute atomic E-state index is 0.00802. The number of halogens is 3. The molecule has 1 aromatic heterocycles. The van der Waals surface area contributed by atoms with E-state index in [4.69, 9.17) is 19.4 Å². The van der Waals surface area contributed by atoms with Crippen molar-refractivity contribution in [3.05, 3.63) is 84.2 Å². The van der Waals surface area contributed by atoms with Gasteiger partial charge in [0.15, 0.2) is 11.5 Å². The molecule has 3 unspecified atom stereocenters. The lowest BCUT2D eigenvalue weighted by molar-refractivity contribution is -0.192. The van der Waals surface area contributed by atoms with E-state index in [0.717, 1.165) is 56.0 Å². The van der Waals surface area contributed by atoms with Crippen molar-refractivity contribution in [1.29, 1.82) is 0 Å². The fourth-order valence-electron chi connectivity index (χ4n) is 6.05. The quantitative estimate of drug-likeness (QED) is 0.323. The summed E-state index contributed by atoms with van der Waals surface area (Å²) in [5, 5.41) is 13.3. The standard InChI is InChI=1S/C29H34N4O3.C2HF3O2/c1-35-25-9-8-22(18-26(25)36-2)29-13-10-24(32-28(34)31-23-11-15-30-16-12-23)19-27(29)33(17-14-29)20-21-6-4-3-5-7-21;3-2(4,5)1(6)7/h3-9,11-12,15-16,18,24,27H,10,13-14,17,19-20H2,1-2H3,(H2,30,31,32,34);(H,6,7). The van der Waals surface area contributed by atoms with E-state index in [-0.39, 0.29) is 17.5 Å². The van der Waals surface area contributed by atoms with Gasteiger partial charge in [-0.2, -0.15) is 13.2 Å². The van der Waals surface area contributed by atoms with Crippen LogP contribution < -0.4 is 20.1 Å². The van der Waals surface area contributed by atoms with Gasteiger partial charge in [0, 0.05) is 42.1 Å². The summed E-state index contributed by atoms with van der Waals surface area (Å²) in [6.45, 7) is 1.92. The number of hydrogen-bond donors (Lipinski definition) is 3. The van der Waals surface area contributed by atoms with Crippen LogP contribution in [0.1, 0.15) is 36.8 Å². The Morgan fingerprint density at radius 1 is 1.02 bits per heavy atom. The van der Waals surface area contributed by atoms with Gasteiger partial charge in [-0.1, -0.05) is 36.4 Å². The minimum atomic E-state index is -5.08. The number of pyridine rings is 1. The molecule has 1 saturated heterocycles. The molecule has 3 N–H and O–H groups in total. The molecule has 3 atom stereocenters. The first-order chi connectivity index (χ1) is 20.6. The molecule has 1 aliphatic carbocycles. The molecule has 5 rings (SSSR count). The molecule has 43 heavy (non-hydrogen) atoms. The highest BCUT2D eigenvalue weighted by Crippen LogP contribution is 2.50. The monoisotopic (exact) mass is 600 g/mol. The van der Waals surface area contributed by atoms with Crippen LogP contribution in [-0.4, -0.2) is 66.0 Å². The van der Waals surface area contributed by atoms with Crippen LogP contribution in [0.3, 0.4) is 0 Å². The first kappa shape index (κ1) is 31.6. The third kappa shape index (κ3) is 7.75. The molecule has 2 heterocycles. The third-order valence-electron chi connectivity index (χ3n) is 8.07. The van der Waals surface area contributed by atoms with Crippen LogP contribution in [0, 0.1) is 0 Å². The van der Waals surface area contributed by atoms with Crippen LogP contribution in [0.4, 0.5) is 23.7 Å². The molecule has 0 bridgehead atoms. The Balaban J connectivity index is 0.000000541. The predicted octanol–water partition coefficient (Wildman–Crippen LogP) is 5.62. The SMILES string of the molecule is COc1ccc(C23CCC(NC(=O)Nc4ccncc4)CC2N(Cc2ccccc2)CC3)cc1OC.O=C(O)C(F)(F)F. The van der Waals surface area contributed by atoms with Crippen molar-refractivity contribution < 1.29 is 37.3 Å². The van der Waals surface area contributed by atoms with E-state index >= 15 is 0 Å². The number of carbonyl (C=O) groups excluding carboxylic acids is 1. The summed E-state index contributed by atoms with van der Waals surface area (Å²) in [5.74, 6) is -1.24. The lowest BCUT2D eigenvalue weighted by atomic mass is 9.65. The second-order valence-electron chi connectivity index (χ2n) is 10.6. The Kier molecular flexibility index (Phi) is 10.1. The second-order valence-corrected chi connectivity index (χ2v) is 10.6. The summed E-state index contributed by atoms with van der Waals surface area (Å²) in [6.07, 6.45) is 2.16. The number of aromatic nitrogens is 1. The zero-order valence-electron chi connectivity index (χ0n) is 23.9. The van der Waals surface area contributed by atoms with E-state index in [1.807, 2.05) is 6.07 Å². The minimum Gasteiger partial charge on any atom is -0.493 e.